The van der Waals surface area contributed by atoms with Gasteiger partial charge in [-0.25, -0.2) is 4.68 Å². The zero-order valence-electron chi connectivity index (χ0n) is 15.5. The van der Waals surface area contributed by atoms with Crippen molar-refractivity contribution in [1.29, 1.82) is 0 Å². The van der Waals surface area contributed by atoms with Gasteiger partial charge in [0.2, 0.25) is 0 Å². The summed E-state index contributed by atoms with van der Waals surface area (Å²) in [5, 5.41) is 6.33. The van der Waals surface area contributed by atoms with Crippen molar-refractivity contribution < 1.29 is 14.3 Å². The van der Waals surface area contributed by atoms with E-state index in [4.69, 9.17) is 21.1 Å². The molecule has 0 atom stereocenters. The number of nitrogens with zero attached hydrogens (tertiary/aromatic N) is 3. The monoisotopic (exact) mass is 417 g/mol. The van der Waals surface area contributed by atoms with E-state index in [1.54, 1.807) is 0 Å². The number of carbonyl (C=O) groups is 1. The lowest BCUT2D eigenvalue weighted by molar-refractivity contribution is -0.181. The summed E-state index contributed by atoms with van der Waals surface area (Å²) in [6.07, 6.45) is 1.45. The van der Waals surface area contributed by atoms with Crippen LogP contribution < -0.4 is 0 Å². The second-order valence-electron chi connectivity index (χ2n) is 7.20. The molecule has 4 heterocycles. The number of hydrogen-bond donors (Lipinski definition) is 0. The van der Waals surface area contributed by atoms with Crippen LogP contribution in [0.2, 0.25) is 5.02 Å². The van der Waals surface area contributed by atoms with Crippen molar-refractivity contribution in [3.05, 3.63) is 45.9 Å². The molecule has 0 unspecified atom stereocenters. The smallest absolute Gasteiger partial charge is 0.264 e. The standard InChI is InChI=1S/C20H20ClN3O3S/c1-13-16-12-17(18(25)23-8-6-20(7-9-23)26-10-11-27-20)28-19(16)24(22-13)15-4-2-14(21)3-5-15/h2-5,12H,6-11H2,1H3. The molecule has 5 rings (SSSR count). The van der Waals surface area contributed by atoms with Crippen LogP contribution in [0.25, 0.3) is 15.9 Å². The molecule has 0 saturated carbocycles. The maximum Gasteiger partial charge on any atom is 0.264 e. The number of amides is 1. The van der Waals surface area contributed by atoms with Gasteiger partial charge in [-0.1, -0.05) is 11.6 Å². The van der Waals surface area contributed by atoms with Crippen LogP contribution in [0, 0.1) is 6.92 Å². The number of hydrogen-bond acceptors (Lipinski definition) is 5. The first-order valence-corrected chi connectivity index (χ1v) is 10.6. The summed E-state index contributed by atoms with van der Waals surface area (Å²) < 4.78 is 13.4. The molecule has 146 valence electrons. The minimum atomic E-state index is -0.470. The summed E-state index contributed by atoms with van der Waals surface area (Å²) in [4.78, 5) is 16.7. The predicted octanol–water partition coefficient (Wildman–Crippen LogP) is 4.03. The SMILES string of the molecule is Cc1nn(-c2ccc(Cl)cc2)c2sc(C(=O)N3CCC4(CC3)OCCO4)cc12. The lowest BCUT2D eigenvalue weighted by atomic mass is 10.0. The molecular weight excluding hydrogens is 398 g/mol. The first-order valence-electron chi connectivity index (χ1n) is 9.37. The summed E-state index contributed by atoms with van der Waals surface area (Å²) in [5.41, 5.74) is 1.84. The van der Waals surface area contributed by atoms with Gasteiger partial charge < -0.3 is 14.4 Å². The molecule has 2 aliphatic heterocycles. The fourth-order valence-electron chi connectivity index (χ4n) is 3.90. The topological polar surface area (TPSA) is 56.6 Å². The number of ether oxygens (including phenoxy) is 2. The van der Waals surface area contributed by atoms with Crippen molar-refractivity contribution in [2.75, 3.05) is 26.3 Å². The van der Waals surface area contributed by atoms with Gasteiger partial charge in [0.1, 0.15) is 4.83 Å². The van der Waals surface area contributed by atoms with Gasteiger partial charge in [0.15, 0.2) is 5.79 Å². The van der Waals surface area contributed by atoms with E-state index in [0.29, 0.717) is 31.3 Å². The zero-order valence-corrected chi connectivity index (χ0v) is 17.1. The number of rotatable bonds is 2. The van der Waals surface area contributed by atoms with Crippen LogP contribution in [0.1, 0.15) is 28.2 Å². The highest BCUT2D eigenvalue weighted by Gasteiger charge is 2.41. The number of aromatic nitrogens is 2. The number of piperidine rings is 1. The number of aryl methyl sites for hydroxylation is 1. The minimum absolute atomic E-state index is 0.0658. The van der Waals surface area contributed by atoms with Crippen molar-refractivity contribution in [3.8, 4) is 5.69 Å². The van der Waals surface area contributed by atoms with E-state index in [2.05, 4.69) is 5.10 Å². The first kappa shape index (κ1) is 18.1. The Labute approximate surface area is 171 Å². The first-order chi connectivity index (χ1) is 13.5. The molecule has 1 amide bonds. The normalized spacial score (nSPS) is 19.0. The molecule has 2 saturated heterocycles. The summed E-state index contributed by atoms with van der Waals surface area (Å²) >= 11 is 7.49. The highest BCUT2D eigenvalue weighted by atomic mass is 35.5. The van der Waals surface area contributed by atoms with E-state index >= 15 is 0 Å². The van der Waals surface area contributed by atoms with Crippen LogP contribution in [0.4, 0.5) is 0 Å². The molecule has 2 aliphatic rings. The number of halogens is 1. The number of likely N-dealkylation sites (tertiary alicyclic amines) is 1. The maximum atomic E-state index is 13.1. The van der Waals surface area contributed by atoms with Crippen LogP contribution in [0.5, 0.6) is 0 Å². The molecule has 0 aliphatic carbocycles. The van der Waals surface area contributed by atoms with Gasteiger partial charge >= 0.3 is 0 Å². The zero-order chi connectivity index (χ0) is 19.3. The molecule has 0 bridgehead atoms. The summed E-state index contributed by atoms with van der Waals surface area (Å²) in [6.45, 7) is 4.55. The van der Waals surface area contributed by atoms with Crippen molar-refractivity contribution in [2.24, 2.45) is 0 Å². The van der Waals surface area contributed by atoms with E-state index in [1.807, 2.05) is 46.8 Å². The average molecular weight is 418 g/mol. The number of benzene rings is 1. The van der Waals surface area contributed by atoms with Gasteiger partial charge in [0, 0.05) is 36.3 Å². The minimum Gasteiger partial charge on any atom is -0.347 e. The number of fused-ring (bicyclic) bond motifs is 1. The van der Waals surface area contributed by atoms with Crippen LogP contribution in [0.15, 0.2) is 30.3 Å². The average Bonchev–Trinajstić information content (AvgIpc) is 3.40. The summed E-state index contributed by atoms with van der Waals surface area (Å²) in [7, 11) is 0. The van der Waals surface area contributed by atoms with E-state index in [-0.39, 0.29) is 5.91 Å². The number of carbonyl (C=O) groups excluding carboxylic acids is 1. The van der Waals surface area contributed by atoms with Gasteiger partial charge in [-0.3, -0.25) is 4.79 Å². The molecule has 0 N–H and O–H groups in total. The van der Waals surface area contributed by atoms with Gasteiger partial charge in [0.05, 0.1) is 29.5 Å². The largest absolute Gasteiger partial charge is 0.347 e. The van der Waals surface area contributed by atoms with Crippen molar-refractivity contribution >= 4 is 39.1 Å². The van der Waals surface area contributed by atoms with Crippen molar-refractivity contribution in [2.45, 2.75) is 25.6 Å². The maximum absolute atomic E-state index is 13.1. The summed E-state index contributed by atoms with van der Waals surface area (Å²) in [6, 6.07) is 9.51. The van der Waals surface area contributed by atoms with Gasteiger partial charge in [-0.15, -0.1) is 11.3 Å². The van der Waals surface area contributed by atoms with E-state index in [0.717, 1.165) is 39.3 Å². The highest BCUT2D eigenvalue weighted by molar-refractivity contribution is 7.20. The predicted molar refractivity (Wildman–Crippen MR) is 108 cm³/mol. The highest BCUT2D eigenvalue weighted by Crippen LogP contribution is 2.34. The molecule has 28 heavy (non-hydrogen) atoms. The Hall–Kier alpha value is -1.93. The molecule has 1 aromatic carbocycles. The van der Waals surface area contributed by atoms with Gasteiger partial charge in [-0.2, -0.15) is 5.10 Å². The molecule has 6 nitrogen and oxygen atoms in total. The van der Waals surface area contributed by atoms with E-state index < -0.39 is 5.79 Å². The Bertz CT molecular complexity index is 1030. The fraction of sp³-hybridized carbons (Fsp3) is 0.400. The van der Waals surface area contributed by atoms with E-state index in [1.165, 1.54) is 11.3 Å². The second-order valence-corrected chi connectivity index (χ2v) is 8.67. The van der Waals surface area contributed by atoms with Gasteiger partial charge in [0.25, 0.3) is 5.91 Å². The van der Waals surface area contributed by atoms with Gasteiger partial charge in [-0.05, 0) is 37.3 Å². The Morgan fingerprint density at radius 3 is 2.54 bits per heavy atom. The van der Waals surface area contributed by atoms with Crippen LogP contribution >= 0.6 is 22.9 Å². The third-order valence-electron chi connectivity index (χ3n) is 5.45. The van der Waals surface area contributed by atoms with Crippen molar-refractivity contribution in [1.82, 2.24) is 14.7 Å². The van der Waals surface area contributed by atoms with Crippen molar-refractivity contribution in [3.63, 3.8) is 0 Å². The van der Waals surface area contributed by atoms with Crippen LogP contribution in [0.3, 0.4) is 0 Å². The van der Waals surface area contributed by atoms with E-state index in [9.17, 15) is 4.79 Å². The third-order valence-corrected chi connectivity index (χ3v) is 6.80. The molecule has 8 heteroatoms. The third kappa shape index (κ3) is 3.03. The molecule has 0 radical (unpaired) electrons. The fourth-order valence-corrected chi connectivity index (χ4v) is 5.18. The molecule has 3 aromatic rings. The van der Waals surface area contributed by atoms with Crippen LogP contribution in [-0.2, 0) is 9.47 Å². The molecule has 2 aromatic heterocycles. The lowest BCUT2D eigenvalue weighted by Gasteiger charge is -2.37. The molecule has 2 fully saturated rings. The van der Waals surface area contributed by atoms with Crippen LogP contribution in [-0.4, -0.2) is 52.7 Å². The summed E-state index contributed by atoms with van der Waals surface area (Å²) in [5.74, 6) is -0.404. The molecular formula is C20H20ClN3O3S. The Morgan fingerprint density at radius 2 is 1.86 bits per heavy atom. The lowest BCUT2D eigenvalue weighted by Crippen LogP contribution is -2.47. The Morgan fingerprint density at radius 1 is 1.18 bits per heavy atom. The Kier molecular flexibility index (Phi) is 4.43. The molecule has 1 spiro atoms. The quantitative estimate of drug-likeness (QED) is 0.631. The number of thiophene rings is 1. The Balaban J connectivity index is 1.41. The second kappa shape index (κ2) is 6.84.